The molecule has 162 valence electrons. The number of ketones is 1. The summed E-state index contributed by atoms with van der Waals surface area (Å²) in [5, 5.41) is 20.9. The van der Waals surface area contributed by atoms with Crippen LogP contribution < -0.4 is 4.74 Å². The molecule has 0 aliphatic carbocycles. The highest BCUT2D eigenvalue weighted by Crippen LogP contribution is 2.46. The average Bonchev–Trinajstić information content (AvgIpc) is 3.42. The van der Waals surface area contributed by atoms with Crippen molar-refractivity contribution < 1.29 is 43.5 Å². The maximum absolute atomic E-state index is 12.7. The van der Waals surface area contributed by atoms with E-state index in [1.165, 1.54) is 25.3 Å². The maximum Gasteiger partial charge on any atom is 0.342 e. The van der Waals surface area contributed by atoms with Gasteiger partial charge >= 0.3 is 11.9 Å². The number of benzene rings is 1. The lowest BCUT2D eigenvalue weighted by atomic mass is 9.96. The zero-order valence-electron chi connectivity index (χ0n) is 16.9. The normalized spacial score (nSPS) is 30.2. The van der Waals surface area contributed by atoms with Crippen LogP contribution in [0.1, 0.15) is 48.7 Å². The van der Waals surface area contributed by atoms with E-state index in [-0.39, 0.29) is 24.2 Å². The number of epoxide rings is 1. The summed E-state index contributed by atoms with van der Waals surface area (Å²) in [6.07, 6.45) is -1.64. The molecule has 1 fully saturated rings. The van der Waals surface area contributed by atoms with Gasteiger partial charge in [0.15, 0.2) is 11.9 Å². The van der Waals surface area contributed by atoms with Gasteiger partial charge in [-0.15, -0.1) is 0 Å². The van der Waals surface area contributed by atoms with Crippen LogP contribution in [0.25, 0.3) is 0 Å². The molecule has 0 aromatic heterocycles. The molecular weight excluding hydrogens is 396 g/mol. The zero-order valence-corrected chi connectivity index (χ0v) is 16.9. The molecule has 3 rings (SSSR count). The van der Waals surface area contributed by atoms with Crippen LogP contribution in [0.3, 0.4) is 0 Å². The third kappa shape index (κ3) is 4.80. The quantitative estimate of drug-likeness (QED) is 0.541. The molecule has 0 bridgehead atoms. The van der Waals surface area contributed by atoms with Crippen LogP contribution in [0, 0.1) is 0 Å². The summed E-state index contributed by atoms with van der Waals surface area (Å²) in [6.45, 7) is 2.78. The van der Waals surface area contributed by atoms with Crippen LogP contribution in [-0.2, 0) is 23.8 Å². The first kappa shape index (κ1) is 21.8. The minimum absolute atomic E-state index is 0.0228. The summed E-state index contributed by atoms with van der Waals surface area (Å²) in [7, 11) is 1.42. The Kier molecular flexibility index (Phi) is 6.42. The molecule has 0 saturated carbocycles. The Morgan fingerprint density at radius 1 is 1.27 bits per heavy atom. The van der Waals surface area contributed by atoms with Crippen LogP contribution >= 0.6 is 0 Å². The molecule has 30 heavy (non-hydrogen) atoms. The van der Waals surface area contributed by atoms with E-state index in [9.17, 15) is 24.6 Å². The summed E-state index contributed by atoms with van der Waals surface area (Å²) in [6, 6.07) is 2.86. The highest BCUT2D eigenvalue weighted by molar-refractivity contribution is 5.96. The Hall–Kier alpha value is -2.91. The number of cyclic esters (lactones) is 1. The third-order valence-corrected chi connectivity index (χ3v) is 4.91. The average molecular weight is 420 g/mol. The number of aromatic hydroxyl groups is 1. The lowest BCUT2D eigenvalue weighted by molar-refractivity contribution is -0.158. The Bertz CT molecular complexity index is 875. The molecule has 5 atom stereocenters. The van der Waals surface area contributed by atoms with E-state index in [1.807, 2.05) is 0 Å². The van der Waals surface area contributed by atoms with Crippen LogP contribution in [0.5, 0.6) is 11.5 Å². The molecule has 1 saturated heterocycles. The fraction of sp³-hybridized carbons (Fsp3) is 0.476. The van der Waals surface area contributed by atoms with Crippen molar-refractivity contribution >= 4 is 17.7 Å². The molecule has 0 radical (unpaired) electrons. The van der Waals surface area contributed by atoms with Gasteiger partial charge in [-0.25, -0.2) is 4.79 Å². The van der Waals surface area contributed by atoms with Crippen molar-refractivity contribution in [3.05, 3.63) is 35.4 Å². The second-order valence-corrected chi connectivity index (χ2v) is 7.30. The molecule has 2 N–H and O–H groups in total. The highest BCUT2D eigenvalue weighted by atomic mass is 16.6. The van der Waals surface area contributed by atoms with E-state index in [4.69, 9.17) is 18.9 Å². The SMILES string of the molecule is COc1cc(O)c2c(c1)[C@H]1O[C@@H]1C[C@H](O)[C@H](OC(C)=O)C(=O)/C=C\C[C@H](C)OC2=O. The van der Waals surface area contributed by atoms with Crippen molar-refractivity contribution in [1.82, 2.24) is 0 Å². The summed E-state index contributed by atoms with van der Waals surface area (Å²) >= 11 is 0. The monoisotopic (exact) mass is 420 g/mol. The molecule has 1 aromatic carbocycles. The number of carbonyl (C=O) groups is 3. The third-order valence-electron chi connectivity index (χ3n) is 4.91. The number of carbonyl (C=O) groups excluding carboxylic acids is 3. The van der Waals surface area contributed by atoms with E-state index in [2.05, 4.69) is 0 Å². The van der Waals surface area contributed by atoms with Crippen molar-refractivity contribution in [2.75, 3.05) is 7.11 Å². The van der Waals surface area contributed by atoms with Crippen LogP contribution in [0.15, 0.2) is 24.3 Å². The number of phenolic OH excluding ortho intramolecular Hbond substituents is 1. The zero-order chi connectivity index (χ0) is 22.0. The molecule has 2 aliphatic rings. The summed E-state index contributed by atoms with van der Waals surface area (Å²) in [5.74, 6) is -2.00. The lowest BCUT2D eigenvalue weighted by Crippen LogP contribution is -2.38. The Balaban J connectivity index is 1.97. The maximum atomic E-state index is 12.7. The second-order valence-electron chi connectivity index (χ2n) is 7.30. The van der Waals surface area contributed by atoms with E-state index < -0.39 is 48.2 Å². The van der Waals surface area contributed by atoms with Gasteiger partial charge in [0.1, 0.15) is 35.4 Å². The fourth-order valence-corrected chi connectivity index (χ4v) is 3.41. The molecular formula is C21H24O9. The molecule has 2 heterocycles. The minimum atomic E-state index is -1.37. The molecule has 0 amide bonds. The van der Waals surface area contributed by atoms with Gasteiger partial charge in [0.05, 0.1) is 13.2 Å². The van der Waals surface area contributed by atoms with Gasteiger partial charge in [-0.2, -0.15) is 0 Å². The topological polar surface area (TPSA) is 132 Å². The van der Waals surface area contributed by atoms with Crippen molar-refractivity contribution in [2.24, 2.45) is 0 Å². The fourth-order valence-electron chi connectivity index (χ4n) is 3.41. The first-order valence-corrected chi connectivity index (χ1v) is 9.54. The van der Waals surface area contributed by atoms with Crippen molar-refractivity contribution in [3.8, 4) is 11.5 Å². The highest BCUT2D eigenvalue weighted by Gasteiger charge is 2.46. The second kappa shape index (κ2) is 8.85. The van der Waals surface area contributed by atoms with E-state index in [1.54, 1.807) is 13.0 Å². The first-order chi connectivity index (χ1) is 14.2. The standard InChI is InChI=1S/C21H24O9/c1-10-5-4-6-14(23)20(29-11(2)22)16(25)9-17-19(30-17)13-7-12(27-3)8-15(24)18(13)21(26)28-10/h4,6-8,10,16-17,19-20,24-25H,5,9H2,1-3H3/b6-4-/t10-,16-,17+,19+,20+/m0/s1. The van der Waals surface area contributed by atoms with Crippen LogP contribution in [0.4, 0.5) is 0 Å². The van der Waals surface area contributed by atoms with Gasteiger partial charge in [0, 0.05) is 31.4 Å². The molecule has 0 spiro atoms. The molecule has 1 aromatic rings. The number of aliphatic hydroxyl groups is 1. The van der Waals surface area contributed by atoms with E-state index >= 15 is 0 Å². The molecule has 9 nitrogen and oxygen atoms in total. The Morgan fingerprint density at radius 3 is 2.67 bits per heavy atom. The van der Waals surface area contributed by atoms with Gasteiger partial charge in [0.2, 0.25) is 0 Å². The molecule has 2 aliphatic heterocycles. The van der Waals surface area contributed by atoms with Crippen LogP contribution in [0.2, 0.25) is 0 Å². The molecule has 0 unspecified atom stereocenters. The van der Waals surface area contributed by atoms with E-state index in [0.29, 0.717) is 11.3 Å². The lowest BCUT2D eigenvalue weighted by Gasteiger charge is -2.20. The van der Waals surface area contributed by atoms with Gasteiger partial charge in [-0.3, -0.25) is 9.59 Å². The summed E-state index contributed by atoms with van der Waals surface area (Å²) in [5.41, 5.74) is 0.308. The number of fused-ring (bicyclic) bond motifs is 3. The summed E-state index contributed by atoms with van der Waals surface area (Å²) in [4.78, 5) is 36.5. The van der Waals surface area contributed by atoms with Gasteiger partial charge in [-0.1, -0.05) is 6.08 Å². The number of aliphatic hydroxyl groups excluding tert-OH is 1. The van der Waals surface area contributed by atoms with E-state index in [0.717, 1.165) is 6.92 Å². The van der Waals surface area contributed by atoms with Gasteiger partial charge < -0.3 is 29.2 Å². The largest absolute Gasteiger partial charge is 0.507 e. The van der Waals surface area contributed by atoms with Gasteiger partial charge in [-0.05, 0) is 19.1 Å². The number of ether oxygens (including phenoxy) is 4. The summed E-state index contributed by atoms with van der Waals surface area (Å²) < 4.78 is 21.2. The number of methoxy groups -OCH3 is 1. The van der Waals surface area contributed by atoms with Crippen LogP contribution in [-0.4, -0.2) is 59.5 Å². The Labute approximate surface area is 173 Å². The first-order valence-electron chi connectivity index (χ1n) is 9.54. The minimum Gasteiger partial charge on any atom is -0.507 e. The van der Waals surface area contributed by atoms with Crippen molar-refractivity contribution in [1.29, 1.82) is 0 Å². The molecule has 9 heteroatoms. The Morgan fingerprint density at radius 2 is 2.00 bits per heavy atom. The number of rotatable bonds is 2. The van der Waals surface area contributed by atoms with Gasteiger partial charge in [0.25, 0.3) is 0 Å². The number of hydrogen-bond donors (Lipinski definition) is 2. The smallest absolute Gasteiger partial charge is 0.342 e. The van der Waals surface area contributed by atoms with Crippen molar-refractivity contribution in [3.63, 3.8) is 0 Å². The number of hydrogen-bond acceptors (Lipinski definition) is 9. The predicted octanol–water partition coefficient (Wildman–Crippen LogP) is 1.60. The van der Waals surface area contributed by atoms with Crippen molar-refractivity contribution in [2.45, 2.75) is 57.2 Å². The predicted molar refractivity (Wildman–Crippen MR) is 102 cm³/mol. The number of phenols is 1. The number of esters is 2.